The molecule has 0 fully saturated rings. The molecule has 0 N–H and O–H groups in total. The predicted octanol–water partition coefficient (Wildman–Crippen LogP) is 1.72. The van der Waals surface area contributed by atoms with Gasteiger partial charge in [-0.05, 0) is 31.7 Å². The third-order valence-corrected chi connectivity index (χ3v) is 3.47. The molecule has 2 aromatic rings. The van der Waals surface area contributed by atoms with E-state index in [0.29, 0.717) is 10.2 Å². The number of thiophene rings is 1. The Morgan fingerprint density at radius 2 is 2.28 bits per heavy atom. The molecule has 0 aliphatic rings. The van der Waals surface area contributed by atoms with Crippen molar-refractivity contribution in [3.8, 4) is 0 Å². The summed E-state index contributed by atoms with van der Waals surface area (Å²) in [7, 11) is 0. The van der Waals surface area contributed by atoms with Crippen molar-refractivity contribution in [2.75, 3.05) is 0 Å². The third-order valence-electron chi connectivity index (χ3n) is 2.39. The van der Waals surface area contributed by atoms with Gasteiger partial charge in [0.15, 0.2) is 0 Å². The number of nitrogens with zero attached hydrogens (tertiary/aromatic N) is 2. The van der Waals surface area contributed by atoms with Crippen molar-refractivity contribution >= 4 is 27.5 Å². The van der Waals surface area contributed by atoms with E-state index in [1.807, 2.05) is 12.3 Å². The van der Waals surface area contributed by atoms with Gasteiger partial charge in [0.1, 0.15) is 11.2 Å². The summed E-state index contributed by atoms with van der Waals surface area (Å²) in [5.41, 5.74) is 1.49. The van der Waals surface area contributed by atoms with Gasteiger partial charge in [-0.25, -0.2) is 4.98 Å². The predicted molar refractivity (Wildman–Crippen MR) is 69.8 cm³/mol. The van der Waals surface area contributed by atoms with Gasteiger partial charge in [0, 0.05) is 0 Å². The number of hydrogen-bond acceptors (Lipinski definition) is 5. The van der Waals surface area contributed by atoms with Crippen LogP contribution in [-0.2, 0) is 16.1 Å². The normalized spacial score (nSPS) is 11.1. The summed E-state index contributed by atoms with van der Waals surface area (Å²) in [5.74, 6) is -0.429. The minimum absolute atomic E-state index is 0.100. The van der Waals surface area contributed by atoms with E-state index >= 15 is 0 Å². The van der Waals surface area contributed by atoms with Crippen LogP contribution in [0.15, 0.2) is 16.5 Å². The molecular formula is C12H14N2O3S. The zero-order valence-electron chi connectivity index (χ0n) is 10.5. The lowest BCUT2D eigenvalue weighted by molar-refractivity contribution is -0.148. The van der Waals surface area contributed by atoms with Crippen molar-refractivity contribution in [3.63, 3.8) is 0 Å². The van der Waals surface area contributed by atoms with Crippen molar-refractivity contribution in [2.24, 2.45) is 0 Å². The van der Waals surface area contributed by atoms with E-state index in [1.54, 1.807) is 13.8 Å². The SMILES string of the molecule is Cc1csc2c(=O)n(CC(=O)OC(C)C)cnc12. The molecule has 0 aliphatic carbocycles. The summed E-state index contributed by atoms with van der Waals surface area (Å²) in [6, 6.07) is 0. The Morgan fingerprint density at radius 1 is 1.56 bits per heavy atom. The fraction of sp³-hybridized carbons (Fsp3) is 0.417. The van der Waals surface area contributed by atoms with Gasteiger partial charge < -0.3 is 4.74 Å². The van der Waals surface area contributed by atoms with Crippen molar-refractivity contribution < 1.29 is 9.53 Å². The topological polar surface area (TPSA) is 61.2 Å². The molecule has 0 bridgehead atoms. The summed E-state index contributed by atoms with van der Waals surface area (Å²) in [5, 5.41) is 1.88. The molecular weight excluding hydrogens is 252 g/mol. The highest BCUT2D eigenvalue weighted by Gasteiger charge is 2.12. The Hall–Kier alpha value is -1.69. The summed E-state index contributed by atoms with van der Waals surface area (Å²) in [6.07, 6.45) is 1.21. The van der Waals surface area contributed by atoms with E-state index in [1.165, 1.54) is 22.2 Å². The lowest BCUT2D eigenvalue weighted by atomic mass is 10.3. The Labute approximate surface area is 108 Å². The van der Waals surface area contributed by atoms with Gasteiger partial charge in [0.25, 0.3) is 5.56 Å². The monoisotopic (exact) mass is 266 g/mol. The second-order valence-corrected chi connectivity index (χ2v) is 5.19. The van der Waals surface area contributed by atoms with Gasteiger partial charge in [0.05, 0.1) is 17.9 Å². The summed E-state index contributed by atoms with van der Waals surface area (Å²) in [4.78, 5) is 27.8. The van der Waals surface area contributed by atoms with E-state index in [2.05, 4.69) is 4.98 Å². The van der Waals surface area contributed by atoms with Crippen molar-refractivity contribution in [2.45, 2.75) is 33.4 Å². The molecule has 2 aromatic heterocycles. The number of aryl methyl sites for hydroxylation is 1. The quantitative estimate of drug-likeness (QED) is 0.794. The van der Waals surface area contributed by atoms with Gasteiger partial charge in [-0.1, -0.05) is 0 Å². The highest BCUT2D eigenvalue weighted by molar-refractivity contribution is 7.17. The van der Waals surface area contributed by atoms with Gasteiger partial charge in [-0.3, -0.25) is 14.2 Å². The molecule has 6 heteroatoms. The van der Waals surface area contributed by atoms with Crippen molar-refractivity contribution in [3.05, 3.63) is 27.6 Å². The number of carbonyl (C=O) groups is 1. The molecule has 0 unspecified atom stereocenters. The average Bonchev–Trinajstić information content (AvgIpc) is 2.64. The highest BCUT2D eigenvalue weighted by Crippen LogP contribution is 2.19. The van der Waals surface area contributed by atoms with Crippen molar-refractivity contribution in [1.29, 1.82) is 0 Å². The average molecular weight is 266 g/mol. The number of hydrogen-bond donors (Lipinski definition) is 0. The molecule has 0 amide bonds. The lowest BCUT2D eigenvalue weighted by Gasteiger charge is -2.08. The third kappa shape index (κ3) is 2.43. The van der Waals surface area contributed by atoms with Crippen LogP contribution >= 0.6 is 11.3 Å². The maximum Gasteiger partial charge on any atom is 0.326 e. The molecule has 0 spiro atoms. The number of ether oxygens (including phenoxy) is 1. The van der Waals surface area contributed by atoms with E-state index in [-0.39, 0.29) is 18.2 Å². The Morgan fingerprint density at radius 3 is 2.94 bits per heavy atom. The number of aromatic nitrogens is 2. The Kier molecular flexibility index (Phi) is 3.47. The molecule has 0 aliphatic heterocycles. The summed E-state index contributed by atoms with van der Waals surface area (Å²) < 4.78 is 6.86. The van der Waals surface area contributed by atoms with Crippen LogP contribution in [-0.4, -0.2) is 21.6 Å². The van der Waals surface area contributed by atoms with Crippen LogP contribution in [0.4, 0.5) is 0 Å². The molecule has 18 heavy (non-hydrogen) atoms. The molecule has 0 atom stereocenters. The number of carbonyl (C=O) groups excluding carboxylic acids is 1. The van der Waals surface area contributed by atoms with E-state index in [0.717, 1.165) is 5.56 Å². The molecule has 2 rings (SSSR count). The number of esters is 1. The maximum absolute atomic E-state index is 12.1. The fourth-order valence-electron chi connectivity index (χ4n) is 1.61. The first kappa shape index (κ1) is 12.8. The van der Waals surface area contributed by atoms with Crippen LogP contribution in [0.5, 0.6) is 0 Å². The Balaban J connectivity index is 2.32. The minimum Gasteiger partial charge on any atom is -0.462 e. The maximum atomic E-state index is 12.1. The second kappa shape index (κ2) is 4.89. The standard InChI is InChI=1S/C12H14N2O3S/c1-7(2)17-9(15)4-14-6-13-10-8(3)5-18-11(10)12(14)16/h5-7H,4H2,1-3H3. The van der Waals surface area contributed by atoms with E-state index < -0.39 is 5.97 Å². The fourth-order valence-corrected chi connectivity index (χ4v) is 2.56. The second-order valence-electron chi connectivity index (χ2n) is 4.31. The van der Waals surface area contributed by atoms with Gasteiger partial charge in [-0.2, -0.15) is 0 Å². The van der Waals surface area contributed by atoms with Crippen LogP contribution in [0.1, 0.15) is 19.4 Å². The molecule has 0 saturated carbocycles. The van der Waals surface area contributed by atoms with Crippen LogP contribution < -0.4 is 5.56 Å². The largest absolute Gasteiger partial charge is 0.462 e. The highest BCUT2D eigenvalue weighted by atomic mass is 32.1. The lowest BCUT2D eigenvalue weighted by Crippen LogP contribution is -2.26. The van der Waals surface area contributed by atoms with Crippen LogP contribution in [0.2, 0.25) is 0 Å². The molecule has 5 nitrogen and oxygen atoms in total. The van der Waals surface area contributed by atoms with E-state index in [4.69, 9.17) is 4.74 Å². The molecule has 0 saturated heterocycles. The Bertz CT molecular complexity index is 642. The first-order valence-electron chi connectivity index (χ1n) is 5.61. The van der Waals surface area contributed by atoms with Gasteiger partial charge >= 0.3 is 5.97 Å². The first-order valence-corrected chi connectivity index (χ1v) is 6.49. The summed E-state index contributed by atoms with van der Waals surface area (Å²) in [6.45, 7) is 5.34. The number of fused-ring (bicyclic) bond motifs is 1. The molecule has 2 heterocycles. The van der Waals surface area contributed by atoms with E-state index in [9.17, 15) is 9.59 Å². The molecule has 96 valence electrons. The zero-order chi connectivity index (χ0) is 13.3. The van der Waals surface area contributed by atoms with Crippen molar-refractivity contribution in [1.82, 2.24) is 9.55 Å². The smallest absolute Gasteiger partial charge is 0.326 e. The zero-order valence-corrected chi connectivity index (χ0v) is 11.3. The summed E-state index contributed by atoms with van der Waals surface area (Å²) >= 11 is 1.35. The minimum atomic E-state index is -0.429. The van der Waals surface area contributed by atoms with Gasteiger partial charge in [0.2, 0.25) is 0 Å². The molecule has 0 aromatic carbocycles. The number of rotatable bonds is 3. The van der Waals surface area contributed by atoms with Crippen LogP contribution in [0.25, 0.3) is 10.2 Å². The van der Waals surface area contributed by atoms with Crippen LogP contribution in [0.3, 0.4) is 0 Å². The van der Waals surface area contributed by atoms with Crippen LogP contribution in [0, 0.1) is 6.92 Å². The molecule has 0 radical (unpaired) electrons. The van der Waals surface area contributed by atoms with Gasteiger partial charge in [-0.15, -0.1) is 11.3 Å². The first-order chi connectivity index (χ1) is 8.49.